The minimum atomic E-state index is -4.51. The van der Waals surface area contributed by atoms with Crippen LogP contribution in [0.2, 0.25) is 0 Å². The van der Waals surface area contributed by atoms with Gasteiger partial charge in [0, 0.05) is 20.0 Å². The lowest BCUT2D eigenvalue weighted by Gasteiger charge is -2.31. The molecule has 0 aliphatic heterocycles. The number of phosphoric acid groups is 1. The van der Waals surface area contributed by atoms with Gasteiger partial charge in [-0.1, -0.05) is 103 Å². The van der Waals surface area contributed by atoms with E-state index in [1.807, 2.05) is 0 Å². The number of thioether (sulfide) groups is 1. The Bertz CT molecular complexity index is 454. The van der Waals surface area contributed by atoms with Crippen LogP contribution in [0.1, 0.15) is 110 Å². The standard InChI is InChI=1S/C25H53O6PS/c1-4-5-6-7-8-9-10-11-12-13-14-15-16-17-18-19-20-33-24-25(21-29-2,22-30-3)23-31-32(26,27)28/h4-24H2,1-3H3,(H2,26,27,28). The summed E-state index contributed by atoms with van der Waals surface area (Å²) in [5.41, 5.74) is -0.551. The monoisotopic (exact) mass is 512 g/mol. The van der Waals surface area contributed by atoms with Crippen LogP contribution in [0, 0.1) is 5.41 Å². The van der Waals surface area contributed by atoms with Crippen molar-refractivity contribution in [1.29, 1.82) is 0 Å². The van der Waals surface area contributed by atoms with Gasteiger partial charge in [0.25, 0.3) is 0 Å². The maximum Gasteiger partial charge on any atom is 0.469 e. The first kappa shape index (κ1) is 33.4. The van der Waals surface area contributed by atoms with Gasteiger partial charge in [0.15, 0.2) is 0 Å². The fraction of sp³-hybridized carbons (Fsp3) is 1.00. The number of unbranched alkanes of at least 4 members (excludes halogenated alkanes) is 15. The minimum absolute atomic E-state index is 0.0785. The SMILES string of the molecule is CCCCCCCCCCCCCCCCCCSCC(COC)(COC)COP(=O)(O)O. The molecule has 2 N–H and O–H groups in total. The fourth-order valence-electron chi connectivity index (χ4n) is 4.12. The first-order chi connectivity index (χ1) is 15.9. The molecule has 8 heteroatoms. The Morgan fingerprint density at radius 2 is 1.06 bits per heavy atom. The van der Waals surface area contributed by atoms with Crippen molar-refractivity contribution in [2.24, 2.45) is 5.41 Å². The van der Waals surface area contributed by atoms with Gasteiger partial charge in [-0.3, -0.25) is 4.52 Å². The van der Waals surface area contributed by atoms with Crippen molar-refractivity contribution >= 4 is 19.6 Å². The predicted octanol–water partition coefficient (Wildman–Crippen LogP) is 7.37. The van der Waals surface area contributed by atoms with Crippen LogP contribution < -0.4 is 0 Å². The van der Waals surface area contributed by atoms with Gasteiger partial charge in [-0.25, -0.2) is 4.57 Å². The first-order valence-electron chi connectivity index (χ1n) is 13.1. The molecule has 200 valence electrons. The second-order valence-corrected chi connectivity index (χ2v) is 11.8. The molecule has 0 bridgehead atoms. The number of hydrogen-bond acceptors (Lipinski definition) is 5. The number of phosphoric ester groups is 1. The summed E-state index contributed by atoms with van der Waals surface area (Å²) in [6.07, 6.45) is 21.8. The van der Waals surface area contributed by atoms with Crippen LogP contribution in [0.4, 0.5) is 0 Å². The van der Waals surface area contributed by atoms with Gasteiger partial charge in [0.05, 0.1) is 25.2 Å². The molecule has 0 radical (unpaired) electrons. The molecule has 0 unspecified atom stereocenters. The summed E-state index contributed by atoms with van der Waals surface area (Å²) >= 11 is 1.78. The molecule has 0 aliphatic carbocycles. The zero-order valence-corrected chi connectivity index (χ0v) is 23.4. The van der Waals surface area contributed by atoms with Crippen LogP contribution in [0.3, 0.4) is 0 Å². The predicted molar refractivity (Wildman–Crippen MR) is 141 cm³/mol. The minimum Gasteiger partial charge on any atom is -0.384 e. The van der Waals surface area contributed by atoms with Crippen LogP contribution in [0.15, 0.2) is 0 Å². The lowest BCUT2D eigenvalue weighted by molar-refractivity contribution is -0.0103. The van der Waals surface area contributed by atoms with Crippen molar-refractivity contribution in [2.45, 2.75) is 110 Å². The van der Waals surface area contributed by atoms with E-state index in [9.17, 15) is 4.57 Å². The third-order valence-corrected chi connectivity index (χ3v) is 7.85. The van der Waals surface area contributed by atoms with Crippen molar-refractivity contribution < 1.29 is 28.3 Å². The highest BCUT2D eigenvalue weighted by Crippen LogP contribution is 2.39. The van der Waals surface area contributed by atoms with Crippen molar-refractivity contribution in [2.75, 3.05) is 45.5 Å². The van der Waals surface area contributed by atoms with E-state index < -0.39 is 13.2 Å². The van der Waals surface area contributed by atoms with E-state index in [1.165, 1.54) is 96.3 Å². The Labute approximate surface area is 208 Å². The molecule has 0 saturated carbocycles. The molecule has 6 nitrogen and oxygen atoms in total. The summed E-state index contributed by atoms with van der Waals surface area (Å²) < 4.78 is 26.5. The molecular weight excluding hydrogens is 459 g/mol. The molecule has 0 aromatic rings. The maximum absolute atomic E-state index is 11.1. The van der Waals surface area contributed by atoms with Crippen LogP contribution in [0.25, 0.3) is 0 Å². The van der Waals surface area contributed by atoms with Crippen LogP contribution >= 0.6 is 19.6 Å². The summed E-state index contributed by atoms with van der Waals surface area (Å²) in [7, 11) is -1.34. The van der Waals surface area contributed by atoms with E-state index in [0.29, 0.717) is 19.0 Å². The lowest BCUT2D eigenvalue weighted by atomic mass is 9.94. The van der Waals surface area contributed by atoms with Crippen molar-refractivity contribution in [3.8, 4) is 0 Å². The average Bonchev–Trinajstić information content (AvgIpc) is 2.77. The molecule has 0 spiro atoms. The Morgan fingerprint density at radius 1 is 0.667 bits per heavy atom. The van der Waals surface area contributed by atoms with Gasteiger partial charge in [-0.05, 0) is 12.2 Å². The van der Waals surface area contributed by atoms with E-state index in [0.717, 1.165) is 12.2 Å². The number of rotatable bonds is 26. The van der Waals surface area contributed by atoms with Crippen molar-refractivity contribution in [3.05, 3.63) is 0 Å². The Morgan fingerprint density at radius 3 is 1.42 bits per heavy atom. The van der Waals surface area contributed by atoms with E-state index in [4.69, 9.17) is 23.8 Å². The zero-order valence-electron chi connectivity index (χ0n) is 21.7. The van der Waals surface area contributed by atoms with Gasteiger partial charge in [0.1, 0.15) is 0 Å². The largest absolute Gasteiger partial charge is 0.469 e. The van der Waals surface area contributed by atoms with Gasteiger partial charge < -0.3 is 19.3 Å². The summed E-state index contributed by atoms with van der Waals surface area (Å²) in [6, 6.07) is 0. The van der Waals surface area contributed by atoms with Gasteiger partial charge in [0.2, 0.25) is 0 Å². The zero-order chi connectivity index (χ0) is 24.7. The van der Waals surface area contributed by atoms with E-state index in [2.05, 4.69) is 6.92 Å². The molecule has 0 saturated heterocycles. The molecule has 0 aromatic carbocycles. The maximum atomic E-state index is 11.1. The topological polar surface area (TPSA) is 85.2 Å². The Balaban J connectivity index is 3.65. The summed E-state index contributed by atoms with van der Waals surface area (Å²) in [5.74, 6) is 1.72. The van der Waals surface area contributed by atoms with E-state index >= 15 is 0 Å². The molecule has 0 heterocycles. The first-order valence-corrected chi connectivity index (χ1v) is 15.8. The number of ether oxygens (including phenoxy) is 2. The molecule has 0 aromatic heterocycles. The highest BCUT2D eigenvalue weighted by atomic mass is 32.2. The summed E-state index contributed by atoms with van der Waals surface area (Å²) in [6.45, 7) is 2.88. The summed E-state index contributed by atoms with van der Waals surface area (Å²) in [5, 5.41) is 0. The Kier molecular flexibility index (Phi) is 23.1. The third kappa shape index (κ3) is 22.6. The average molecular weight is 513 g/mol. The van der Waals surface area contributed by atoms with Gasteiger partial charge in [-0.2, -0.15) is 11.8 Å². The Hall–Kier alpha value is 0.380. The molecule has 0 atom stereocenters. The normalized spacial score (nSPS) is 12.5. The summed E-state index contributed by atoms with van der Waals surface area (Å²) in [4.78, 5) is 18.1. The molecule has 0 amide bonds. The molecular formula is C25H53O6PS. The second-order valence-electron chi connectivity index (χ2n) is 9.49. The second kappa shape index (κ2) is 22.8. The van der Waals surface area contributed by atoms with Crippen LogP contribution in [-0.2, 0) is 18.6 Å². The van der Waals surface area contributed by atoms with E-state index in [1.54, 1.807) is 26.0 Å². The lowest BCUT2D eigenvalue weighted by Crippen LogP contribution is -2.39. The van der Waals surface area contributed by atoms with Crippen molar-refractivity contribution in [1.82, 2.24) is 0 Å². The highest BCUT2D eigenvalue weighted by Gasteiger charge is 2.34. The van der Waals surface area contributed by atoms with Gasteiger partial charge >= 0.3 is 7.82 Å². The highest BCUT2D eigenvalue weighted by molar-refractivity contribution is 7.99. The van der Waals surface area contributed by atoms with Crippen LogP contribution in [0.5, 0.6) is 0 Å². The van der Waals surface area contributed by atoms with E-state index in [-0.39, 0.29) is 6.61 Å². The van der Waals surface area contributed by atoms with Crippen LogP contribution in [-0.4, -0.2) is 55.3 Å². The fourth-order valence-corrected chi connectivity index (χ4v) is 5.80. The molecule has 33 heavy (non-hydrogen) atoms. The molecule has 0 rings (SSSR count). The smallest absolute Gasteiger partial charge is 0.384 e. The van der Waals surface area contributed by atoms with Crippen molar-refractivity contribution in [3.63, 3.8) is 0 Å². The number of hydrogen-bond donors (Lipinski definition) is 2. The number of methoxy groups -OCH3 is 2. The van der Waals surface area contributed by atoms with Gasteiger partial charge in [-0.15, -0.1) is 0 Å². The molecule has 0 aliphatic rings. The molecule has 0 fully saturated rings. The quantitative estimate of drug-likeness (QED) is 0.0924. The third-order valence-electron chi connectivity index (χ3n) is 5.99.